The molecule has 40 heavy (non-hydrogen) atoms. The van der Waals surface area contributed by atoms with Gasteiger partial charge in [0.2, 0.25) is 5.91 Å². The summed E-state index contributed by atoms with van der Waals surface area (Å²) in [5, 5.41) is 15.3. The number of likely N-dealkylation sites (N-methyl/N-ethyl adjacent to an activating group) is 1. The number of nitrogens with zero attached hydrogens (tertiary/aromatic N) is 6. The summed E-state index contributed by atoms with van der Waals surface area (Å²) >= 11 is 0. The summed E-state index contributed by atoms with van der Waals surface area (Å²) in [6.07, 6.45) is 9.13. The molecule has 12 nitrogen and oxygen atoms in total. The number of ether oxygens (including phenoxy) is 1. The number of hydrogen-bond donors (Lipinski definition) is 2. The standard InChI is InChI=1S/C28H30N8O4/c1-4-28-11-20(12-28)36(27(39)33-24-10-22(30-5-8-40-3)19(13-29)14-31-24)26-21(28)9-18(23(17-37)32-26)15-35-7-6-34(2)16-25(35)38/h1,9-10,14,17,20H,5-8,11-12,15-16H2,2-3H3,(H2,30,31,33,39). The molecule has 0 atom stereocenters. The zero-order valence-electron chi connectivity index (χ0n) is 22.4. The normalized spacial score (nSPS) is 21.5. The molecule has 2 bridgehead atoms. The Labute approximate surface area is 232 Å². The number of carbonyl (C=O) groups excluding carboxylic acids is 3. The molecular formula is C28H30N8O4. The van der Waals surface area contributed by atoms with Crippen LogP contribution in [0.1, 0.15) is 40.0 Å². The number of nitriles is 1. The van der Waals surface area contributed by atoms with Crippen LogP contribution < -0.4 is 15.5 Å². The van der Waals surface area contributed by atoms with Crippen molar-refractivity contribution in [3.05, 3.63) is 40.7 Å². The number of anilines is 3. The van der Waals surface area contributed by atoms with Gasteiger partial charge in [-0.15, -0.1) is 6.42 Å². The van der Waals surface area contributed by atoms with E-state index in [0.717, 1.165) is 6.54 Å². The Hall–Kier alpha value is -4.52. The third-order valence-electron chi connectivity index (χ3n) is 7.75. The lowest BCUT2D eigenvalue weighted by Crippen LogP contribution is -2.61. The monoisotopic (exact) mass is 542 g/mol. The lowest BCUT2D eigenvalue weighted by Gasteiger charge is -2.54. The van der Waals surface area contributed by atoms with E-state index in [1.165, 1.54) is 11.1 Å². The molecule has 0 radical (unpaired) electrons. The summed E-state index contributed by atoms with van der Waals surface area (Å²) in [7, 11) is 3.47. The van der Waals surface area contributed by atoms with E-state index >= 15 is 0 Å². The van der Waals surface area contributed by atoms with Crippen LogP contribution >= 0.6 is 0 Å². The Balaban J connectivity index is 1.44. The highest BCUT2D eigenvalue weighted by atomic mass is 16.5. The molecule has 5 heterocycles. The number of aromatic nitrogens is 2. The Morgan fingerprint density at radius 2 is 2.15 bits per heavy atom. The van der Waals surface area contributed by atoms with Crippen LogP contribution in [0.25, 0.3) is 0 Å². The van der Waals surface area contributed by atoms with Crippen molar-refractivity contribution in [1.29, 1.82) is 5.26 Å². The number of aldehydes is 1. The Bertz CT molecular complexity index is 1440. The zero-order valence-corrected chi connectivity index (χ0v) is 22.4. The molecule has 0 spiro atoms. The minimum absolute atomic E-state index is 0.0225. The number of methoxy groups -OCH3 is 1. The van der Waals surface area contributed by atoms with Gasteiger partial charge < -0.3 is 15.0 Å². The largest absolute Gasteiger partial charge is 0.383 e. The quantitative estimate of drug-likeness (QED) is 0.289. The summed E-state index contributed by atoms with van der Waals surface area (Å²) in [6, 6.07) is 4.84. The first-order valence-corrected chi connectivity index (χ1v) is 13.0. The molecule has 2 fully saturated rings. The van der Waals surface area contributed by atoms with Gasteiger partial charge >= 0.3 is 6.03 Å². The van der Waals surface area contributed by atoms with Crippen LogP contribution in [0.3, 0.4) is 0 Å². The molecule has 0 unspecified atom stereocenters. The van der Waals surface area contributed by atoms with Gasteiger partial charge in [-0.05, 0) is 26.0 Å². The molecule has 12 heteroatoms. The Kier molecular flexibility index (Phi) is 7.39. The van der Waals surface area contributed by atoms with Gasteiger partial charge in [0.05, 0.1) is 29.8 Å². The second-order valence-corrected chi connectivity index (χ2v) is 10.3. The minimum atomic E-state index is -0.586. The van der Waals surface area contributed by atoms with E-state index in [4.69, 9.17) is 11.2 Å². The highest BCUT2D eigenvalue weighted by Crippen LogP contribution is 2.54. The third kappa shape index (κ3) is 4.83. The number of terminal acetylenes is 1. The van der Waals surface area contributed by atoms with Gasteiger partial charge in [0.1, 0.15) is 23.4 Å². The summed E-state index contributed by atoms with van der Waals surface area (Å²) < 4.78 is 5.05. The van der Waals surface area contributed by atoms with Gasteiger partial charge in [-0.2, -0.15) is 5.26 Å². The molecule has 206 valence electrons. The van der Waals surface area contributed by atoms with Crippen LogP contribution in [0.15, 0.2) is 18.3 Å². The van der Waals surface area contributed by atoms with Crippen LogP contribution in [-0.4, -0.2) is 91.0 Å². The van der Waals surface area contributed by atoms with Gasteiger partial charge in [-0.3, -0.25) is 24.7 Å². The second-order valence-electron chi connectivity index (χ2n) is 10.3. The van der Waals surface area contributed by atoms with Crippen molar-refractivity contribution in [3.8, 4) is 18.4 Å². The van der Waals surface area contributed by atoms with Crippen molar-refractivity contribution in [2.45, 2.75) is 30.8 Å². The molecular weight excluding hydrogens is 512 g/mol. The lowest BCUT2D eigenvalue weighted by molar-refractivity contribution is -0.136. The molecule has 2 aromatic heterocycles. The van der Waals surface area contributed by atoms with Gasteiger partial charge in [0.15, 0.2) is 6.29 Å². The van der Waals surface area contributed by atoms with Crippen molar-refractivity contribution in [2.24, 2.45) is 0 Å². The van der Waals surface area contributed by atoms with Crippen LogP contribution in [0.4, 0.5) is 22.1 Å². The summed E-state index contributed by atoms with van der Waals surface area (Å²) in [5.41, 5.74) is 1.73. The highest BCUT2D eigenvalue weighted by molar-refractivity contribution is 6.03. The van der Waals surface area contributed by atoms with E-state index in [1.807, 2.05) is 18.0 Å². The average molecular weight is 543 g/mol. The van der Waals surface area contributed by atoms with E-state index in [0.29, 0.717) is 73.6 Å². The van der Waals surface area contributed by atoms with Crippen molar-refractivity contribution in [3.63, 3.8) is 0 Å². The number of carbonyl (C=O) groups is 3. The summed E-state index contributed by atoms with van der Waals surface area (Å²) in [4.78, 5) is 52.3. The van der Waals surface area contributed by atoms with E-state index in [1.54, 1.807) is 18.1 Å². The Morgan fingerprint density at radius 1 is 1.35 bits per heavy atom. The fourth-order valence-corrected chi connectivity index (χ4v) is 5.52. The maximum absolute atomic E-state index is 13.6. The van der Waals surface area contributed by atoms with Gasteiger partial charge in [0, 0.05) is 62.7 Å². The highest BCUT2D eigenvalue weighted by Gasteiger charge is 2.56. The van der Waals surface area contributed by atoms with Crippen molar-refractivity contribution >= 4 is 35.5 Å². The predicted molar refractivity (Wildman–Crippen MR) is 147 cm³/mol. The van der Waals surface area contributed by atoms with Gasteiger partial charge in [-0.1, -0.05) is 5.92 Å². The van der Waals surface area contributed by atoms with Crippen LogP contribution in [0.2, 0.25) is 0 Å². The number of piperazine rings is 1. The fraction of sp³-hybridized carbons (Fsp3) is 0.429. The lowest BCUT2D eigenvalue weighted by atomic mass is 9.59. The molecule has 3 amide bonds. The topological polar surface area (TPSA) is 144 Å². The number of rotatable bonds is 8. The van der Waals surface area contributed by atoms with E-state index in [9.17, 15) is 19.6 Å². The maximum Gasteiger partial charge on any atom is 0.328 e. The van der Waals surface area contributed by atoms with Crippen molar-refractivity contribution in [1.82, 2.24) is 19.8 Å². The average Bonchev–Trinajstić information content (AvgIpc) is 2.93. The minimum Gasteiger partial charge on any atom is -0.383 e. The van der Waals surface area contributed by atoms with Crippen LogP contribution in [0, 0.1) is 23.7 Å². The molecule has 1 aliphatic carbocycles. The molecule has 3 aliphatic heterocycles. The molecule has 0 aromatic carbocycles. The predicted octanol–water partition coefficient (Wildman–Crippen LogP) is 1.58. The van der Waals surface area contributed by atoms with E-state index in [2.05, 4.69) is 32.6 Å². The fourth-order valence-electron chi connectivity index (χ4n) is 5.52. The number of pyridine rings is 2. The van der Waals surface area contributed by atoms with Gasteiger partial charge in [-0.25, -0.2) is 14.8 Å². The number of urea groups is 1. The number of nitrogens with one attached hydrogen (secondary N) is 2. The van der Waals surface area contributed by atoms with Crippen LogP contribution in [-0.2, 0) is 21.5 Å². The van der Waals surface area contributed by atoms with Crippen molar-refractivity contribution < 1.29 is 19.1 Å². The summed E-state index contributed by atoms with van der Waals surface area (Å²) in [5.74, 6) is 3.46. The smallest absolute Gasteiger partial charge is 0.328 e. The van der Waals surface area contributed by atoms with Gasteiger partial charge in [0.25, 0.3) is 0 Å². The molecule has 2 N–H and O–H groups in total. The molecule has 6 rings (SSSR count). The molecule has 4 aliphatic rings. The first-order valence-electron chi connectivity index (χ1n) is 13.0. The van der Waals surface area contributed by atoms with E-state index < -0.39 is 11.4 Å². The summed E-state index contributed by atoms with van der Waals surface area (Å²) in [6.45, 7) is 2.74. The third-order valence-corrected chi connectivity index (χ3v) is 7.75. The first kappa shape index (κ1) is 27.1. The van der Waals surface area contributed by atoms with Crippen molar-refractivity contribution in [2.75, 3.05) is 62.5 Å². The van der Waals surface area contributed by atoms with Crippen LogP contribution in [0.5, 0.6) is 0 Å². The first-order chi connectivity index (χ1) is 19.3. The SMILES string of the molecule is C#CC12CC(C1)N(C(=O)Nc1cc(NCCOC)c(C#N)cn1)c1nc(C=O)c(CN3CCN(C)CC3=O)cc12. The zero-order chi connectivity index (χ0) is 28.4. The van der Waals surface area contributed by atoms with E-state index in [-0.39, 0.29) is 30.0 Å². The second kappa shape index (κ2) is 10.9. The molecule has 2 aromatic rings. The maximum atomic E-state index is 13.6. The number of amides is 3. The molecule has 1 saturated carbocycles. The Morgan fingerprint density at radius 3 is 2.83 bits per heavy atom. The number of hydrogen-bond acceptors (Lipinski definition) is 9. The molecule has 1 saturated heterocycles.